The van der Waals surface area contributed by atoms with Crippen LogP contribution in [0.4, 0.5) is 0 Å². The minimum absolute atomic E-state index is 0.0830. The molecule has 0 fully saturated rings. The Bertz CT molecular complexity index is 1130. The number of ether oxygens (including phenoxy) is 6. The van der Waals surface area contributed by atoms with Crippen LogP contribution in [0, 0.1) is 0 Å². The molecular formula is C58H108N2O12. The molecule has 0 aromatic rings. The van der Waals surface area contributed by atoms with Gasteiger partial charge in [-0.05, 0) is 90.4 Å². The maximum atomic E-state index is 12.6. The second-order valence-electron chi connectivity index (χ2n) is 19.7. The number of carbonyl (C=O) groups excluding carboxylic acids is 6. The van der Waals surface area contributed by atoms with Crippen LogP contribution < -0.4 is 0 Å². The average Bonchev–Trinajstić information content (AvgIpc) is 3.36. The molecule has 0 aromatic heterocycles. The first-order chi connectivity index (χ1) is 35.1. The summed E-state index contributed by atoms with van der Waals surface area (Å²) in [7, 11) is 0. The fourth-order valence-corrected chi connectivity index (χ4v) is 8.32. The van der Waals surface area contributed by atoms with Gasteiger partial charge in [0.05, 0.1) is 52.5 Å². The van der Waals surface area contributed by atoms with Crippen molar-refractivity contribution in [3.63, 3.8) is 0 Å². The van der Waals surface area contributed by atoms with E-state index in [1.54, 1.807) is 0 Å². The van der Waals surface area contributed by atoms with Crippen LogP contribution in [0.5, 0.6) is 0 Å². The molecule has 14 heteroatoms. The Morgan fingerprint density at radius 1 is 0.222 bits per heavy atom. The van der Waals surface area contributed by atoms with Crippen molar-refractivity contribution in [2.45, 2.75) is 259 Å². The lowest BCUT2D eigenvalue weighted by Crippen LogP contribution is -2.29. The van der Waals surface area contributed by atoms with Crippen molar-refractivity contribution in [2.75, 3.05) is 78.9 Å². The van der Waals surface area contributed by atoms with Crippen LogP contribution in [0.2, 0.25) is 0 Å². The molecule has 0 aliphatic carbocycles. The van der Waals surface area contributed by atoms with E-state index < -0.39 is 11.9 Å². The Morgan fingerprint density at radius 3 is 0.639 bits per heavy atom. The molecule has 72 heavy (non-hydrogen) atoms. The summed E-state index contributed by atoms with van der Waals surface area (Å²) in [6.45, 7) is 14.8. The molecule has 422 valence electrons. The standard InChI is InChI=1S/C58H108N2O12/c1-5-9-13-17-21-25-47-67-53(61)35-29-41-59(42-30-36-54(62)68-48-26-22-18-14-10-6-2)45-33-51-71-57(65)39-40-58(66)72-52-34-46-60(43-31-37-55(63)69-49-27-23-19-15-11-7-3)44-32-38-56(64)70-50-28-24-20-16-12-8-4/h5-52H2,1-4H3. The minimum atomic E-state index is -0.470. The molecule has 0 radical (unpaired) electrons. The van der Waals surface area contributed by atoms with Gasteiger partial charge in [0.25, 0.3) is 0 Å². The van der Waals surface area contributed by atoms with Crippen molar-refractivity contribution < 1.29 is 57.2 Å². The molecule has 0 saturated heterocycles. The number of hydrogen-bond acceptors (Lipinski definition) is 14. The maximum Gasteiger partial charge on any atom is 0.306 e. The highest BCUT2D eigenvalue weighted by Crippen LogP contribution is 2.11. The zero-order valence-electron chi connectivity index (χ0n) is 46.7. The summed E-state index contributed by atoms with van der Waals surface area (Å²) >= 11 is 0. The van der Waals surface area contributed by atoms with Gasteiger partial charge in [-0.15, -0.1) is 0 Å². The van der Waals surface area contributed by atoms with Gasteiger partial charge in [0, 0.05) is 38.8 Å². The minimum Gasteiger partial charge on any atom is -0.466 e. The normalized spacial score (nSPS) is 11.2. The Labute approximate surface area is 439 Å². The highest BCUT2D eigenvalue weighted by Gasteiger charge is 2.15. The van der Waals surface area contributed by atoms with E-state index >= 15 is 0 Å². The van der Waals surface area contributed by atoms with Gasteiger partial charge in [-0.25, -0.2) is 0 Å². The summed E-state index contributed by atoms with van der Waals surface area (Å²) in [5, 5.41) is 0. The van der Waals surface area contributed by atoms with Gasteiger partial charge in [-0.2, -0.15) is 0 Å². The predicted molar refractivity (Wildman–Crippen MR) is 288 cm³/mol. The third kappa shape index (κ3) is 50.3. The molecule has 0 N–H and O–H groups in total. The van der Waals surface area contributed by atoms with Gasteiger partial charge >= 0.3 is 35.8 Å². The quantitative estimate of drug-likeness (QED) is 0.0321. The van der Waals surface area contributed by atoms with Crippen LogP contribution in [0.25, 0.3) is 0 Å². The lowest BCUT2D eigenvalue weighted by Gasteiger charge is -2.22. The zero-order chi connectivity index (χ0) is 52.8. The molecule has 0 aliphatic rings. The first kappa shape index (κ1) is 68.7. The van der Waals surface area contributed by atoms with Crippen molar-refractivity contribution in [3.8, 4) is 0 Å². The summed E-state index contributed by atoms with van der Waals surface area (Å²) in [5.41, 5.74) is 0. The molecule has 0 heterocycles. The monoisotopic (exact) mass is 1020 g/mol. The highest BCUT2D eigenvalue weighted by molar-refractivity contribution is 5.77. The second kappa shape index (κ2) is 54.0. The predicted octanol–water partition coefficient (Wildman–Crippen LogP) is 13.0. The van der Waals surface area contributed by atoms with Crippen molar-refractivity contribution in [3.05, 3.63) is 0 Å². The molecule has 0 rings (SSSR count). The number of unbranched alkanes of at least 4 members (excludes halogenated alkanes) is 20. The van der Waals surface area contributed by atoms with Crippen LogP contribution in [0.1, 0.15) is 259 Å². The highest BCUT2D eigenvalue weighted by atomic mass is 16.6. The van der Waals surface area contributed by atoms with E-state index in [1.807, 2.05) is 0 Å². The number of nitrogens with zero attached hydrogens (tertiary/aromatic N) is 2. The van der Waals surface area contributed by atoms with Crippen molar-refractivity contribution in [1.29, 1.82) is 0 Å². The lowest BCUT2D eigenvalue weighted by atomic mass is 10.1. The Balaban J connectivity index is 4.77. The first-order valence-corrected chi connectivity index (χ1v) is 29.5. The largest absolute Gasteiger partial charge is 0.466 e. The summed E-state index contributed by atoms with van der Waals surface area (Å²) in [4.78, 5) is 79.1. The molecule has 0 saturated carbocycles. The van der Waals surface area contributed by atoms with Crippen molar-refractivity contribution in [1.82, 2.24) is 9.80 Å². The smallest absolute Gasteiger partial charge is 0.306 e. The van der Waals surface area contributed by atoms with E-state index in [1.165, 1.54) is 103 Å². The van der Waals surface area contributed by atoms with Crippen LogP contribution in [0.3, 0.4) is 0 Å². The Kier molecular flexibility index (Phi) is 51.6. The van der Waals surface area contributed by atoms with Gasteiger partial charge in [0.1, 0.15) is 0 Å². The second-order valence-corrected chi connectivity index (χ2v) is 19.7. The summed E-state index contributed by atoms with van der Waals surface area (Å²) in [6.07, 6.45) is 32.0. The van der Waals surface area contributed by atoms with Crippen molar-refractivity contribution in [2.24, 2.45) is 0 Å². The van der Waals surface area contributed by atoms with Crippen LogP contribution in [-0.4, -0.2) is 125 Å². The van der Waals surface area contributed by atoms with Crippen molar-refractivity contribution >= 4 is 35.8 Å². The number of carbonyl (C=O) groups is 6. The molecule has 0 aliphatic heterocycles. The van der Waals surface area contributed by atoms with Gasteiger partial charge < -0.3 is 38.2 Å². The molecule has 0 unspecified atom stereocenters. The molecule has 0 atom stereocenters. The van der Waals surface area contributed by atoms with E-state index in [0.717, 1.165) is 51.4 Å². The zero-order valence-corrected chi connectivity index (χ0v) is 46.7. The lowest BCUT2D eigenvalue weighted by molar-refractivity contribution is -0.150. The number of hydrogen-bond donors (Lipinski definition) is 0. The van der Waals surface area contributed by atoms with E-state index in [-0.39, 0.29) is 49.9 Å². The van der Waals surface area contributed by atoms with Crippen LogP contribution in [-0.2, 0) is 57.2 Å². The molecule has 0 amide bonds. The van der Waals surface area contributed by atoms with Crippen LogP contribution in [0.15, 0.2) is 0 Å². The van der Waals surface area contributed by atoms with Gasteiger partial charge in [0.2, 0.25) is 0 Å². The van der Waals surface area contributed by atoms with E-state index in [2.05, 4.69) is 37.5 Å². The SMILES string of the molecule is CCCCCCCCOC(=O)CCCN(CCCOC(=O)CCC(=O)OCCCN(CCCC(=O)OCCCCCCCC)CCCC(=O)OCCCCCCCC)CCCC(=O)OCCCCCCCC. The fraction of sp³-hybridized carbons (Fsp3) is 0.897. The van der Waals surface area contributed by atoms with Gasteiger partial charge in [-0.1, -0.05) is 156 Å². The van der Waals surface area contributed by atoms with E-state index in [4.69, 9.17) is 28.4 Å². The molecule has 14 nitrogen and oxygen atoms in total. The summed E-state index contributed by atoms with van der Waals surface area (Å²) < 4.78 is 32.8. The molecule has 0 aromatic carbocycles. The van der Waals surface area contributed by atoms with Gasteiger partial charge in [-0.3, -0.25) is 28.8 Å². The average molecular weight is 1030 g/mol. The number of rotatable bonds is 55. The van der Waals surface area contributed by atoms with Gasteiger partial charge in [0.15, 0.2) is 0 Å². The third-order valence-electron chi connectivity index (χ3n) is 12.8. The fourth-order valence-electron chi connectivity index (χ4n) is 8.32. The number of esters is 6. The maximum absolute atomic E-state index is 12.6. The first-order valence-electron chi connectivity index (χ1n) is 29.5. The summed E-state index contributed by atoms with van der Waals surface area (Å²) in [6, 6.07) is 0. The molecular weight excluding hydrogens is 917 g/mol. The Morgan fingerprint density at radius 2 is 0.403 bits per heavy atom. The molecule has 0 spiro atoms. The molecule has 0 bridgehead atoms. The van der Waals surface area contributed by atoms with E-state index in [0.29, 0.717) is 130 Å². The topological polar surface area (TPSA) is 164 Å². The van der Waals surface area contributed by atoms with E-state index in [9.17, 15) is 28.8 Å². The Hall–Kier alpha value is -3.26. The van der Waals surface area contributed by atoms with Crippen LogP contribution >= 0.6 is 0 Å². The third-order valence-corrected chi connectivity index (χ3v) is 12.8. The summed E-state index contributed by atoms with van der Waals surface area (Å²) in [5.74, 6) is -1.70.